The van der Waals surface area contributed by atoms with Gasteiger partial charge in [0, 0.05) is 10.7 Å². The van der Waals surface area contributed by atoms with Gasteiger partial charge in [-0.25, -0.2) is 14.8 Å². The molecule has 2 rings (SSSR count). The Labute approximate surface area is 128 Å². The molecule has 20 heavy (non-hydrogen) atoms. The van der Waals surface area contributed by atoms with Gasteiger partial charge >= 0.3 is 6.03 Å². The summed E-state index contributed by atoms with van der Waals surface area (Å²) < 4.78 is 5.84. The first kappa shape index (κ1) is 14.7. The number of hydrogen-bond donors (Lipinski definition) is 2. The molecule has 8 heteroatoms. The summed E-state index contributed by atoms with van der Waals surface area (Å²) in [4.78, 5) is 20.3. The summed E-state index contributed by atoms with van der Waals surface area (Å²) in [6.07, 6.45) is 1.60. The molecule has 0 unspecified atom stereocenters. The number of thiazole rings is 1. The van der Waals surface area contributed by atoms with Gasteiger partial charge in [-0.15, -0.1) is 11.3 Å². The molecule has 0 aromatic carbocycles. The van der Waals surface area contributed by atoms with Crippen LogP contribution in [-0.4, -0.2) is 23.1 Å². The number of urea groups is 1. The summed E-state index contributed by atoms with van der Waals surface area (Å²) in [6.45, 7) is 3.74. The van der Waals surface area contributed by atoms with Crippen molar-refractivity contribution >= 4 is 44.0 Å². The Morgan fingerprint density at radius 1 is 1.40 bits per heavy atom. The summed E-state index contributed by atoms with van der Waals surface area (Å²) in [5.74, 6) is 0.348. The molecular formula is C12H13BrN4O2S. The van der Waals surface area contributed by atoms with Gasteiger partial charge in [-0.1, -0.05) is 0 Å². The molecule has 2 N–H and O–H groups in total. The lowest BCUT2D eigenvalue weighted by molar-refractivity contribution is 0.262. The van der Waals surface area contributed by atoms with Crippen molar-refractivity contribution in [2.75, 3.05) is 17.7 Å². The monoisotopic (exact) mass is 356 g/mol. The zero-order chi connectivity index (χ0) is 14.7. The highest BCUT2D eigenvalue weighted by Crippen LogP contribution is 2.26. The molecule has 0 aliphatic carbocycles. The van der Waals surface area contributed by atoms with Gasteiger partial charge < -0.3 is 10.1 Å². The number of methoxy groups -OCH3 is 1. The molecule has 0 saturated carbocycles. The van der Waals surface area contributed by atoms with E-state index in [1.807, 2.05) is 13.8 Å². The first-order valence-electron chi connectivity index (χ1n) is 5.71. The summed E-state index contributed by atoms with van der Waals surface area (Å²) in [5.41, 5.74) is 1.28. The minimum atomic E-state index is -0.366. The highest BCUT2D eigenvalue weighted by Gasteiger charge is 2.12. The van der Waals surface area contributed by atoms with Crippen LogP contribution >= 0.6 is 27.3 Å². The molecular weight excluding hydrogens is 344 g/mol. The van der Waals surface area contributed by atoms with Crippen molar-refractivity contribution < 1.29 is 9.53 Å². The number of carbonyl (C=O) groups excluding carboxylic acids is 1. The number of carbonyl (C=O) groups is 1. The molecule has 0 fully saturated rings. The van der Waals surface area contributed by atoms with Gasteiger partial charge in [0.25, 0.3) is 0 Å². The van der Waals surface area contributed by atoms with E-state index in [2.05, 4.69) is 36.5 Å². The maximum atomic E-state index is 12.0. The lowest BCUT2D eigenvalue weighted by Gasteiger charge is -2.10. The Bertz CT molecular complexity index is 644. The highest BCUT2D eigenvalue weighted by molar-refractivity contribution is 9.10. The van der Waals surface area contributed by atoms with Crippen LogP contribution in [0.2, 0.25) is 0 Å². The number of hydrogen-bond acceptors (Lipinski definition) is 5. The molecule has 0 atom stereocenters. The Morgan fingerprint density at radius 2 is 2.15 bits per heavy atom. The molecule has 0 saturated heterocycles. The smallest absolute Gasteiger partial charge is 0.324 e. The van der Waals surface area contributed by atoms with E-state index in [1.54, 1.807) is 12.3 Å². The van der Waals surface area contributed by atoms with Crippen LogP contribution in [0.4, 0.5) is 15.5 Å². The normalized spacial score (nSPS) is 10.2. The first-order valence-corrected chi connectivity index (χ1v) is 7.32. The molecule has 0 bridgehead atoms. The van der Waals surface area contributed by atoms with Gasteiger partial charge in [0.2, 0.25) is 5.88 Å². The fraction of sp³-hybridized carbons (Fsp3) is 0.250. The largest absolute Gasteiger partial charge is 0.480 e. The summed E-state index contributed by atoms with van der Waals surface area (Å²) in [7, 11) is 1.50. The van der Waals surface area contributed by atoms with Crippen LogP contribution in [-0.2, 0) is 0 Å². The third-order valence-corrected chi connectivity index (χ3v) is 3.81. The van der Waals surface area contributed by atoms with Crippen molar-refractivity contribution in [3.63, 3.8) is 0 Å². The Morgan fingerprint density at radius 3 is 2.75 bits per heavy atom. The number of amides is 2. The van der Waals surface area contributed by atoms with E-state index in [9.17, 15) is 4.79 Å². The zero-order valence-electron chi connectivity index (χ0n) is 11.2. The second-order valence-corrected chi connectivity index (χ2v) is 6.06. The third kappa shape index (κ3) is 3.45. The minimum Gasteiger partial charge on any atom is -0.480 e. The van der Waals surface area contributed by atoms with E-state index in [-0.39, 0.29) is 6.03 Å². The number of anilines is 2. The fourth-order valence-corrected chi connectivity index (χ4v) is 2.73. The number of nitrogens with one attached hydrogen (secondary N) is 2. The third-order valence-electron chi connectivity index (χ3n) is 2.39. The van der Waals surface area contributed by atoms with Crippen LogP contribution in [0.5, 0.6) is 5.88 Å². The predicted molar refractivity (Wildman–Crippen MR) is 82.7 cm³/mol. The second kappa shape index (κ2) is 6.19. The molecule has 2 amide bonds. The van der Waals surface area contributed by atoms with Gasteiger partial charge in [0.05, 0.1) is 17.8 Å². The van der Waals surface area contributed by atoms with Gasteiger partial charge in [0.1, 0.15) is 10.7 Å². The van der Waals surface area contributed by atoms with Crippen LogP contribution in [0.1, 0.15) is 10.7 Å². The SMILES string of the molecule is COc1ncc(Br)cc1NC(=O)Nc1sc(C)nc1C. The van der Waals surface area contributed by atoms with Crippen molar-refractivity contribution in [3.8, 4) is 5.88 Å². The Hall–Kier alpha value is -1.67. The van der Waals surface area contributed by atoms with E-state index in [1.165, 1.54) is 18.4 Å². The van der Waals surface area contributed by atoms with E-state index in [4.69, 9.17) is 4.74 Å². The van der Waals surface area contributed by atoms with E-state index >= 15 is 0 Å². The average Bonchev–Trinajstić information content (AvgIpc) is 2.68. The number of pyridine rings is 1. The molecule has 0 aliphatic rings. The van der Waals surface area contributed by atoms with Crippen molar-refractivity contribution in [2.45, 2.75) is 13.8 Å². The lowest BCUT2D eigenvalue weighted by atomic mass is 10.4. The van der Waals surface area contributed by atoms with Gasteiger partial charge in [0.15, 0.2) is 0 Å². The van der Waals surface area contributed by atoms with Crippen molar-refractivity contribution in [1.82, 2.24) is 9.97 Å². The number of rotatable bonds is 3. The van der Waals surface area contributed by atoms with E-state index in [0.717, 1.165) is 20.2 Å². The van der Waals surface area contributed by atoms with Crippen molar-refractivity contribution in [3.05, 3.63) is 27.4 Å². The van der Waals surface area contributed by atoms with Crippen molar-refractivity contribution in [2.24, 2.45) is 0 Å². The molecule has 2 aromatic heterocycles. The van der Waals surface area contributed by atoms with Crippen LogP contribution < -0.4 is 15.4 Å². The molecule has 0 aliphatic heterocycles. The maximum Gasteiger partial charge on any atom is 0.324 e. The quantitative estimate of drug-likeness (QED) is 0.881. The standard InChI is InChI=1S/C12H13BrN4O2S/c1-6-11(20-7(2)15-6)17-12(18)16-9-4-8(13)5-14-10(9)19-3/h4-5H,1-3H3,(H2,16,17,18). The van der Waals surface area contributed by atoms with Gasteiger partial charge in [-0.2, -0.15) is 0 Å². The number of ether oxygens (including phenoxy) is 1. The van der Waals surface area contributed by atoms with E-state index < -0.39 is 0 Å². The fourth-order valence-electron chi connectivity index (χ4n) is 1.58. The number of halogens is 1. The molecule has 0 radical (unpaired) electrons. The predicted octanol–water partition coefficient (Wildman–Crippen LogP) is 3.57. The number of aromatic nitrogens is 2. The van der Waals surface area contributed by atoms with Crippen LogP contribution in [0.3, 0.4) is 0 Å². The number of nitrogens with zero attached hydrogens (tertiary/aromatic N) is 2. The molecule has 106 valence electrons. The first-order chi connectivity index (χ1) is 9.49. The highest BCUT2D eigenvalue weighted by atomic mass is 79.9. The van der Waals surface area contributed by atoms with Crippen LogP contribution in [0.25, 0.3) is 0 Å². The maximum absolute atomic E-state index is 12.0. The lowest BCUT2D eigenvalue weighted by Crippen LogP contribution is -2.20. The topological polar surface area (TPSA) is 76.1 Å². The van der Waals surface area contributed by atoms with Gasteiger partial charge in [-0.3, -0.25) is 5.32 Å². The van der Waals surface area contributed by atoms with E-state index in [0.29, 0.717) is 11.6 Å². The summed E-state index contributed by atoms with van der Waals surface area (Å²) in [6, 6.07) is 1.35. The van der Waals surface area contributed by atoms with Crippen molar-refractivity contribution in [1.29, 1.82) is 0 Å². The molecule has 2 heterocycles. The summed E-state index contributed by atoms with van der Waals surface area (Å²) >= 11 is 4.73. The van der Waals surface area contributed by atoms with Crippen LogP contribution in [0.15, 0.2) is 16.7 Å². The molecule has 0 spiro atoms. The average molecular weight is 357 g/mol. The zero-order valence-corrected chi connectivity index (χ0v) is 13.6. The molecule has 2 aromatic rings. The van der Waals surface area contributed by atoms with Crippen LogP contribution in [0, 0.1) is 13.8 Å². The second-order valence-electron chi connectivity index (χ2n) is 3.94. The molecule has 6 nitrogen and oxygen atoms in total. The Kier molecular flexibility index (Phi) is 4.56. The number of aryl methyl sites for hydroxylation is 2. The Balaban J connectivity index is 2.12. The minimum absolute atomic E-state index is 0.348. The summed E-state index contributed by atoms with van der Waals surface area (Å²) in [5, 5.41) is 7.08. The van der Waals surface area contributed by atoms with Gasteiger partial charge in [-0.05, 0) is 35.8 Å².